The van der Waals surface area contributed by atoms with Crippen LogP contribution in [0.5, 0.6) is 0 Å². The van der Waals surface area contributed by atoms with Crippen molar-refractivity contribution in [3.63, 3.8) is 0 Å². The quantitative estimate of drug-likeness (QED) is 0.889. The van der Waals surface area contributed by atoms with Crippen LogP contribution in [0.15, 0.2) is 0 Å². The van der Waals surface area contributed by atoms with E-state index in [1.54, 1.807) is 4.57 Å². The van der Waals surface area contributed by atoms with Gasteiger partial charge in [0.05, 0.1) is 13.1 Å². The molecule has 1 saturated carbocycles. The number of hydrogen-bond donors (Lipinski definition) is 1. The highest BCUT2D eigenvalue weighted by Gasteiger charge is 2.39. The summed E-state index contributed by atoms with van der Waals surface area (Å²) in [5.74, 6) is 0.889. The lowest BCUT2D eigenvalue weighted by Crippen LogP contribution is -2.52. The van der Waals surface area contributed by atoms with Crippen LogP contribution in [-0.4, -0.2) is 42.7 Å². The van der Waals surface area contributed by atoms with Crippen LogP contribution in [0.3, 0.4) is 0 Å². The van der Waals surface area contributed by atoms with Crippen LogP contribution in [-0.2, 0) is 22.7 Å². The van der Waals surface area contributed by atoms with Gasteiger partial charge in [0, 0.05) is 5.92 Å². The van der Waals surface area contributed by atoms with E-state index in [1.807, 2.05) is 13.8 Å². The molecular weight excluding hydrogens is 308 g/mol. The van der Waals surface area contributed by atoms with E-state index in [-0.39, 0.29) is 24.9 Å². The van der Waals surface area contributed by atoms with E-state index in [0.717, 1.165) is 12.8 Å². The van der Waals surface area contributed by atoms with Gasteiger partial charge >= 0.3 is 5.97 Å². The van der Waals surface area contributed by atoms with Crippen LogP contribution in [0.4, 0.5) is 0 Å². The van der Waals surface area contributed by atoms with Gasteiger partial charge in [0.1, 0.15) is 11.9 Å². The molecule has 0 spiro atoms. The molecule has 0 aromatic carbocycles. The molecule has 7 heteroatoms. The summed E-state index contributed by atoms with van der Waals surface area (Å²) in [6.45, 7) is 4.29. The van der Waals surface area contributed by atoms with Crippen molar-refractivity contribution in [1.82, 2.24) is 19.7 Å². The van der Waals surface area contributed by atoms with E-state index in [0.29, 0.717) is 17.6 Å². The molecule has 2 atom stereocenters. The van der Waals surface area contributed by atoms with Crippen LogP contribution in [0.2, 0.25) is 0 Å². The molecule has 3 rings (SSSR count). The minimum atomic E-state index is -0.960. The fourth-order valence-electron chi connectivity index (χ4n) is 4.08. The van der Waals surface area contributed by atoms with Crippen molar-refractivity contribution in [2.45, 2.75) is 71.5 Å². The third-order valence-electron chi connectivity index (χ3n) is 5.56. The van der Waals surface area contributed by atoms with Gasteiger partial charge in [-0.25, -0.2) is 4.79 Å². The van der Waals surface area contributed by atoms with Gasteiger partial charge in [-0.05, 0) is 25.7 Å². The average Bonchev–Trinajstić information content (AvgIpc) is 3.21. The number of nitrogens with zero attached hydrogens (tertiary/aromatic N) is 4. The van der Waals surface area contributed by atoms with Crippen LogP contribution in [0, 0.1) is 18.8 Å². The van der Waals surface area contributed by atoms with Gasteiger partial charge in [-0.3, -0.25) is 4.79 Å². The number of fused-ring (bicyclic) bond motifs is 1. The largest absolute Gasteiger partial charge is 0.480 e. The third-order valence-corrected chi connectivity index (χ3v) is 5.56. The molecule has 2 aliphatic rings. The number of carboxylic acids is 1. The number of carbonyl (C=O) groups excluding carboxylic acids is 1. The predicted molar refractivity (Wildman–Crippen MR) is 87.1 cm³/mol. The first-order valence-electron chi connectivity index (χ1n) is 8.93. The maximum absolute atomic E-state index is 13.1. The number of hydrogen-bond acceptors (Lipinski definition) is 4. The van der Waals surface area contributed by atoms with E-state index in [4.69, 9.17) is 0 Å². The lowest BCUT2D eigenvalue weighted by Gasteiger charge is -2.36. The molecule has 0 saturated heterocycles. The molecule has 2 unspecified atom stereocenters. The summed E-state index contributed by atoms with van der Waals surface area (Å²) in [5.41, 5.74) is 0. The van der Waals surface area contributed by atoms with Gasteiger partial charge in [0.15, 0.2) is 5.82 Å². The van der Waals surface area contributed by atoms with E-state index in [9.17, 15) is 14.7 Å². The van der Waals surface area contributed by atoms with E-state index < -0.39 is 12.0 Å². The monoisotopic (exact) mass is 334 g/mol. The molecule has 1 aromatic rings. The third kappa shape index (κ3) is 3.16. The molecule has 1 amide bonds. The molecule has 2 heterocycles. The van der Waals surface area contributed by atoms with Crippen molar-refractivity contribution in [3.05, 3.63) is 11.6 Å². The van der Waals surface area contributed by atoms with E-state index >= 15 is 0 Å². The molecule has 1 aromatic heterocycles. The van der Waals surface area contributed by atoms with Crippen molar-refractivity contribution in [2.75, 3.05) is 0 Å². The predicted octanol–water partition coefficient (Wildman–Crippen LogP) is 1.99. The van der Waals surface area contributed by atoms with Gasteiger partial charge in [-0.2, -0.15) is 0 Å². The summed E-state index contributed by atoms with van der Waals surface area (Å²) < 4.78 is 1.81. The second-order valence-electron chi connectivity index (χ2n) is 7.09. The van der Waals surface area contributed by atoms with Crippen molar-refractivity contribution in [1.29, 1.82) is 0 Å². The highest BCUT2D eigenvalue weighted by molar-refractivity contribution is 5.85. The number of aryl methyl sites for hydroxylation is 1. The Morgan fingerprint density at radius 1 is 1.29 bits per heavy atom. The number of aromatic nitrogens is 3. The maximum Gasteiger partial charge on any atom is 0.328 e. The summed E-state index contributed by atoms with van der Waals surface area (Å²) in [4.78, 5) is 26.3. The smallest absolute Gasteiger partial charge is 0.328 e. The van der Waals surface area contributed by atoms with Crippen LogP contribution in [0.25, 0.3) is 0 Å². The van der Waals surface area contributed by atoms with E-state index in [1.165, 1.54) is 30.6 Å². The Kier molecular flexibility index (Phi) is 4.87. The molecule has 0 radical (unpaired) electrons. The number of carbonyl (C=O) groups is 2. The summed E-state index contributed by atoms with van der Waals surface area (Å²) in [5, 5.41) is 17.7. The normalized spacial score (nSPS) is 22.4. The Balaban J connectivity index is 1.79. The maximum atomic E-state index is 13.1. The van der Waals surface area contributed by atoms with Gasteiger partial charge in [0.25, 0.3) is 0 Å². The SMILES string of the molecule is CCC(CC1CCCC1)C(=O)N1Cc2nnc(C)n2CC1C(=O)O. The molecule has 1 aliphatic heterocycles. The molecule has 132 valence electrons. The topological polar surface area (TPSA) is 88.3 Å². The van der Waals surface area contributed by atoms with Crippen molar-refractivity contribution in [2.24, 2.45) is 11.8 Å². The van der Waals surface area contributed by atoms with Gasteiger partial charge in [-0.1, -0.05) is 32.6 Å². The van der Waals surface area contributed by atoms with Crippen molar-refractivity contribution >= 4 is 11.9 Å². The lowest BCUT2D eigenvalue weighted by molar-refractivity contribution is -0.155. The van der Waals surface area contributed by atoms with Crippen LogP contribution < -0.4 is 0 Å². The Morgan fingerprint density at radius 2 is 2.00 bits per heavy atom. The van der Waals surface area contributed by atoms with Gasteiger partial charge in [0.2, 0.25) is 5.91 Å². The van der Waals surface area contributed by atoms with Crippen molar-refractivity contribution in [3.8, 4) is 0 Å². The lowest BCUT2D eigenvalue weighted by atomic mass is 9.89. The van der Waals surface area contributed by atoms with Crippen LogP contribution in [0.1, 0.15) is 57.1 Å². The Hall–Kier alpha value is -1.92. The summed E-state index contributed by atoms with van der Waals surface area (Å²) in [7, 11) is 0. The van der Waals surface area contributed by atoms with Gasteiger partial charge in [-0.15, -0.1) is 10.2 Å². The first-order valence-corrected chi connectivity index (χ1v) is 8.93. The molecule has 1 N–H and O–H groups in total. The Bertz CT molecular complexity index is 621. The van der Waals surface area contributed by atoms with Crippen molar-refractivity contribution < 1.29 is 14.7 Å². The minimum absolute atomic E-state index is 0.0382. The fraction of sp³-hybridized carbons (Fsp3) is 0.765. The minimum Gasteiger partial charge on any atom is -0.480 e. The molecule has 0 bridgehead atoms. The number of amides is 1. The second kappa shape index (κ2) is 6.91. The summed E-state index contributed by atoms with van der Waals surface area (Å²) in [6, 6.07) is -0.836. The Labute approximate surface area is 142 Å². The molecule has 1 fully saturated rings. The fourth-order valence-corrected chi connectivity index (χ4v) is 4.08. The number of aliphatic carboxylic acids is 1. The number of rotatable bonds is 5. The van der Waals surface area contributed by atoms with Gasteiger partial charge < -0.3 is 14.6 Å². The summed E-state index contributed by atoms with van der Waals surface area (Å²) in [6.07, 6.45) is 6.52. The van der Waals surface area contributed by atoms with E-state index in [2.05, 4.69) is 10.2 Å². The van der Waals surface area contributed by atoms with Crippen LogP contribution >= 0.6 is 0 Å². The first kappa shape index (κ1) is 16.9. The average molecular weight is 334 g/mol. The zero-order chi connectivity index (χ0) is 17.3. The zero-order valence-corrected chi connectivity index (χ0v) is 14.4. The zero-order valence-electron chi connectivity index (χ0n) is 14.4. The highest BCUT2D eigenvalue weighted by Crippen LogP contribution is 2.33. The molecule has 1 aliphatic carbocycles. The highest BCUT2D eigenvalue weighted by atomic mass is 16.4. The number of carboxylic acid groups (broad SMARTS) is 1. The summed E-state index contributed by atoms with van der Waals surface area (Å²) >= 11 is 0. The molecule has 7 nitrogen and oxygen atoms in total. The second-order valence-corrected chi connectivity index (χ2v) is 7.09. The standard InChI is InChI=1S/C17H26N4O3/c1-3-13(8-12-6-4-5-7-12)16(22)21-10-15-19-18-11(2)20(15)9-14(21)17(23)24/h12-14H,3-10H2,1-2H3,(H,23,24). The Morgan fingerprint density at radius 3 is 2.62 bits per heavy atom. The molecule has 24 heavy (non-hydrogen) atoms. The molecular formula is C17H26N4O3. The first-order chi connectivity index (χ1) is 11.5.